The molecule has 0 aliphatic carbocycles. The van der Waals surface area contributed by atoms with Crippen LogP contribution in [-0.2, 0) is 0 Å². The Morgan fingerprint density at radius 3 is 2.71 bits per heavy atom. The Hall–Kier alpha value is -1.75. The van der Waals surface area contributed by atoms with Gasteiger partial charge in [-0.15, -0.1) is 5.10 Å². The Morgan fingerprint density at radius 1 is 1.18 bits per heavy atom. The van der Waals surface area contributed by atoms with Crippen LogP contribution in [0.15, 0.2) is 40.1 Å². The third-order valence-electron chi connectivity index (χ3n) is 2.49. The van der Waals surface area contributed by atoms with Crippen LogP contribution in [0.2, 0.25) is 0 Å². The van der Waals surface area contributed by atoms with Gasteiger partial charge in [0.25, 0.3) is 0 Å². The van der Waals surface area contributed by atoms with Crippen LogP contribution in [-0.4, -0.2) is 19.8 Å². The Morgan fingerprint density at radius 2 is 1.94 bits per heavy atom. The number of nitrogens with one attached hydrogen (secondary N) is 1. The Bertz CT molecular complexity index is 654. The van der Waals surface area contributed by atoms with E-state index in [0.717, 1.165) is 22.1 Å². The van der Waals surface area contributed by atoms with Gasteiger partial charge in [0.15, 0.2) is 5.65 Å². The van der Waals surface area contributed by atoms with Crippen LogP contribution in [0.4, 0.5) is 0 Å². The molecule has 0 bridgehead atoms. The summed E-state index contributed by atoms with van der Waals surface area (Å²) in [7, 11) is 0. The maximum absolute atomic E-state index is 4.43. The van der Waals surface area contributed by atoms with Gasteiger partial charge >= 0.3 is 0 Å². The maximum Gasteiger partial charge on any atom is 0.189 e. The predicted octanol–water partition coefficient (Wildman–Crippen LogP) is 2.83. The van der Waals surface area contributed by atoms with Crippen LogP contribution in [0.25, 0.3) is 5.65 Å². The topological polar surface area (TPSA) is 46.0 Å². The van der Waals surface area contributed by atoms with Crippen LogP contribution in [0, 0.1) is 13.8 Å². The van der Waals surface area contributed by atoms with Gasteiger partial charge in [0.2, 0.25) is 0 Å². The van der Waals surface area contributed by atoms with Crippen LogP contribution in [0.1, 0.15) is 11.5 Å². The standard InChI is InChI=1S/C12H12N4S/c1-8-11(17-10-6-4-3-5-7-10)12-13-9(2)15-16(12)14-8/h3-7,14H,1-2H3. The van der Waals surface area contributed by atoms with Crippen molar-refractivity contribution >= 4 is 17.4 Å². The molecule has 3 rings (SSSR count). The van der Waals surface area contributed by atoms with E-state index in [-0.39, 0.29) is 0 Å². The molecule has 0 atom stereocenters. The van der Waals surface area contributed by atoms with E-state index >= 15 is 0 Å². The number of fused-ring (bicyclic) bond motifs is 1. The highest BCUT2D eigenvalue weighted by molar-refractivity contribution is 7.99. The number of H-pyrrole nitrogens is 1. The molecule has 86 valence electrons. The molecule has 2 heterocycles. The fourth-order valence-electron chi connectivity index (χ4n) is 1.75. The van der Waals surface area contributed by atoms with E-state index in [1.807, 2.05) is 32.0 Å². The number of benzene rings is 1. The molecule has 0 amide bonds. The molecular weight excluding hydrogens is 232 g/mol. The summed E-state index contributed by atoms with van der Waals surface area (Å²) < 4.78 is 1.73. The Kier molecular flexibility index (Phi) is 2.40. The maximum atomic E-state index is 4.43. The predicted molar refractivity (Wildman–Crippen MR) is 67.4 cm³/mol. The molecule has 1 N–H and O–H groups in total. The van der Waals surface area contributed by atoms with Gasteiger partial charge in [-0.1, -0.05) is 30.0 Å². The molecule has 1 aromatic carbocycles. The zero-order valence-electron chi connectivity index (χ0n) is 9.64. The van der Waals surface area contributed by atoms with E-state index in [1.165, 1.54) is 4.90 Å². The first-order valence-corrected chi connectivity index (χ1v) is 6.20. The molecule has 2 aromatic heterocycles. The van der Waals surface area contributed by atoms with Gasteiger partial charge in [0.1, 0.15) is 5.82 Å². The van der Waals surface area contributed by atoms with Crippen molar-refractivity contribution < 1.29 is 0 Å². The van der Waals surface area contributed by atoms with E-state index in [9.17, 15) is 0 Å². The minimum absolute atomic E-state index is 0.783. The fourth-order valence-corrected chi connectivity index (χ4v) is 2.70. The number of rotatable bonds is 2. The molecule has 0 aliphatic heterocycles. The summed E-state index contributed by atoms with van der Waals surface area (Å²) in [5, 5.41) is 7.46. The van der Waals surface area contributed by atoms with Gasteiger partial charge in [0.05, 0.1) is 4.90 Å². The Labute approximate surface area is 103 Å². The van der Waals surface area contributed by atoms with Gasteiger partial charge in [-0.2, -0.15) is 4.63 Å². The van der Waals surface area contributed by atoms with Gasteiger partial charge in [-0.25, -0.2) is 4.98 Å². The smallest absolute Gasteiger partial charge is 0.189 e. The van der Waals surface area contributed by atoms with Gasteiger partial charge < -0.3 is 0 Å². The molecular formula is C12H12N4S. The summed E-state index contributed by atoms with van der Waals surface area (Å²) in [4.78, 5) is 6.77. The quantitative estimate of drug-likeness (QED) is 0.754. The highest BCUT2D eigenvalue weighted by Gasteiger charge is 2.13. The highest BCUT2D eigenvalue weighted by atomic mass is 32.2. The number of nitrogens with zero attached hydrogens (tertiary/aromatic N) is 3. The summed E-state index contributed by atoms with van der Waals surface area (Å²) in [6, 6.07) is 10.3. The van der Waals surface area contributed by atoms with E-state index in [4.69, 9.17) is 0 Å². The van der Waals surface area contributed by atoms with Crippen molar-refractivity contribution in [1.82, 2.24) is 19.8 Å². The third kappa shape index (κ3) is 1.82. The molecule has 0 spiro atoms. The molecule has 0 fully saturated rings. The monoisotopic (exact) mass is 244 g/mol. The van der Waals surface area contributed by atoms with Crippen molar-refractivity contribution in [2.24, 2.45) is 0 Å². The second-order valence-electron chi connectivity index (χ2n) is 3.88. The molecule has 0 radical (unpaired) electrons. The molecule has 0 aliphatic rings. The number of aromatic nitrogens is 4. The van der Waals surface area contributed by atoms with E-state index in [0.29, 0.717) is 0 Å². The fraction of sp³-hybridized carbons (Fsp3) is 0.167. The first kappa shape index (κ1) is 10.4. The largest absolute Gasteiger partial charge is 0.279 e. The average Bonchev–Trinajstić information content (AvgIpc) is 2.79. The molecule has 0 unspecified atom stereocenters. The van der Waals surface area contributed by atoms with Crippen molar-refractivity contribution in [3.8, 4) is 0 Å². The van der Waals surface area contributed by atoms with E-state index in [2.05, 4.69) is 27.3 Å². The summed E-state index contributed by atoms with van der Waals surface area (Å²) >= 11 is 1.71. The highest BCUT2D eigenvalue weighted by Crippen LogP contribution is 2.32. The minimum Gasteiger partial charge on any atom is -0.279 e. The Balaban J connectivity index is 2.07. The summed E-state index contributed by atoms with van der Waals surface area (Å²) in [5.41, 5.74) is 1.99. The van der Waals surface area contributed by atoms with Crippen LogP contribution >= 0.6 is 11.8 Å². The first-order chi connectivity index (χ1) is 8.24. The van der Waals surface area contributed by atoms with Crippen molar-refractivity contribution in [3.05, 3.63) is 41.9 Å². The summed E-state index contributed by atoms with van der Waals surface area (Å²) in [6.07, 6.45) is 0. The molecule has 5 heteroatoms. The van der Waals surface area contributed by atoms with Crippen molar-refractivity contribution in [1.29, 1.82) is 0 Å². The lowest BCUT2D eigenvalue weighted by Crippen LogP contribution is -1.86. The lowest BCUT2D eigenvalue weighted by Gasteiger charge is -1.98. The van der Waals surface area contributed by atoms with Crippen molar-refractivity contribution in [2.75, 3.05) is 0 Å². The summed E-state index contributed by atoms with van der Waals surface area (Å²) in [5.74, 6) is 0.783. The van der Waals surface area contributed by atoms with Gasteiger partial charge in [0, 0.05) is 10.6 Å². The molecule has 3 aromatic rings. The molecule has 17 heavy (non-hydrogen) atoms. The minimum atomic E-state index is 0.783. The molecule has 0 saturated heterocycles. The van der Waals surface area contributed by atoms with Gasteiger partial charge in [-0.05, 0) is 26.0 Å². The van der Waals surface area contributed by atoms with E-state index < -0.39 is 0 Å². The zero-order chi connectivity index (χ0) is 11.8. The average molecular weight is 244 g/mol. The normalized spacial score (nSPS) is 11.2. The number of aryl methyl sites for hydroxylation is 2. The SMILES string of the molecule is Cc1nc2c(Sc3ccccc3)c(C)[nH]n2n1. The second kappa shape index (κ2) is 3.92. The van der Waals surface area contributed by atoms with Crippen molar-refractivity contribution in [2.45, 2.75) is 23.6 Å². The number of hydrogen-bond acceptors (Lipinski definition) is 3. The number of hydrogen-bond donors (Lipinski definition) is 1. The second-order valence-corrected chi connectivity index (χ2v) is 4.96. The number of aromatic amines is 1. The lowest BCUT2D eigenvalue weighted by molar-refractivity contribution is 0.793. The zero-order valence-corrected chi connectivity index (χ0v) is 10.5. The van der Waals surface area contributed by atoms with Crippen LogP contribution in [0.5, 0.6) is 0 Å². The van der Waals surface area contributed by atoms with Crippen LogP contribution in [0.3, 0.4) is 0 Å². The molecule has 4 nitrogen and oxygen atoms in total. The summed E-state index contributed by atoms with van der Waals surface area (Å²) in [6.45, 7) is 3.93. The van der Waals surface area contributed by atoms with Crippen LogP contribution < -0.4 is 0 Å². The van der Waals surface area contributed by atoms with Gasteiger partial charge in [-0.3, -0.25) is 5.10 Å². The molecule has 0 saturated carbocycles. The third-order valence-corrected chi connectivity index (χ3v) is 3.69. The van der Waals surface area contributed by atoms with E-state index in [1.54, 1.807) is 16.4 Å². The lowest BCUT2D eigenvalue weighted by atomic mass is 10.4. The van der Waals surface area contributed by atoms with Crippen molar-refractivity contribution in [3.63, 3.8) is 0 Å². The first-order valence-electron chi connectivity index (χ1n) is 5.39.